The minimum absolute atomic E-state index is 0.0376. The molecule has 0 amide bonds. The van der Waals surface area contributed by atoms with Crippen LogP contribution in [0.2, 0.25) is 5.02 Å². The summed E-state index contributed by atoms with van der Waals surface area (Å²) in [4.78, 5) is 1.05. The summed E-state index contributed by atoms with van der Waals surface area (Å²) < 4.78 is 6.41. The molecule has 0 aliphatic heterocycles. The molecule has 0 bridgehead atoms. The molecule has 3 N–H and O–H groups in total. The van der Waals surface area contributed by atoms with E-state index in [4.69, 9.17) is 22.2 Å². The molecule has 0 aliphatic carbocycles. The number of nitrogens with one attached hydrogen (secondary N) is 1. The zero-order valence-corrected chi connectivity index (χ0v) is 14.4. The number of hydrazine groups is 1. The quantitative estimate of drug-likeness (QED) is 0.607. The summed E-state index contributed by atoms with van der Waals surface area (Å²) in [6.45, 7) is 2.00. The van der Waals surface area contributed by atoms with E-state index in [2.05, 4.69) is 21.4 Å². The Morgan fingerprint density at radius 2 is 2.25 bits per heavy atom. The number of nitrogens with two attached hydrogens (primary N) is 1. The molecule has 1 unspecified atom stereocenters. The van der Waals surface area contributed by atoms with Crippen LogP contribution < -0.4 is 16.0 Å². The zero-order valence-electron chi connectivity index (χ0n) is 11.2. The van der Waals surface area contributed by atoms with Gasteiger partial charge >= 0.3 is 0 Å². The second-order valence-electron chi connectivity index (χ2n) is 4.48. The number of methoxy groups -OCH3 is 1. The summed E-state index contributed by atoms with van der Waals surface area (Å²) in [7, 11) is 1.67. The Balaban J connectivity index is 2.31. The SMILES string of the molecule is COc1ccc(Br)cc1CC(NN)c1scc(C)c1Cl. The highest BCUT2D eigenvalue weighted by Crippen LogP contribution is 2.35. The minimum Gasteiger partial charge on any atom is -0.496 e. The van der Waals surface area contributed by atoms with E-state index in [9.17, 15) is 0 Å². The van der Waals surface area contributed by atoms with Crippen molar-refractivity contribution in [2.45, 2.75) is 19.4 Å². The lowest BCUT2D eigenvalue weighted by Crippen LogP contribution is -2.29. The molecule has 3 nitrogen and oxygen atoms in total. The van der Waals surface area contributed by atoms with Gasteiger partial charge in [-0.1, -0.05) is 27.5 Å². The van der Waals surface area contributed by atoms with E-state index in [1.807, 2.05) is 30.5 Å². The van der Waals surface area contributed by atoms with Crippen LogP contribution in [0.3, 0.4) is 0 Å². The molecule has 20 heavy (non-hydrogen) atoms. The molecule has 1 aromatic carbocycles. The number of hydrogen-bond donors (Lipinski definition) is 2. The van der Waals surface area contributed by atoms with E-state index in [0.717, 1.165) is 31.2 Å². The lowest BCUT2D eigenvalue weighted by atomic mass is 10.0. The second-order valence-corrected chi connectivity index (χ2v) is 6.68. The van der Waals surface area contributed by atoms with Crippen molar-refractivity contribution in [1.82, 2.24) is 5.43 Å². The average Bonchev–Trinajstić information content (AvgIpc) is 2.77. The van der Waals surface area contributed by atoms with Gasteiger partial charge in [-0.25, -0.2) is 0 Å². The van der Waals surface area contributed by atoms with E-state index in [1.54, 1.807) is 18.4 Å². The van der Waals surface area contributed by atoms with Crippen LogP contribution in [0.15, 0.2) is 28.1 Å². The number of aryl methyl sites for hydroxylation is 1. The van der Waals surface area contributed by atoms with E-state index in [0.29, 0.717) is 6.42 Å². The van der Waals surface area contributed by atoms with Crippen LogP contribution in [-0.2, 0) is 6.42 Å². The maximum atomic E-state index is 6.33. The normalized spacial score (nSPS) is 12.4. The molecule has 1 atom stereocenters. The minimum atomic E-state index is -0.0376. The van der Waals surface area contributed by atoms with E-state index < -0.39 is 0 Å². The Labute approximate surface area is 136 Å². The van der Waals surface area contributed by atoms with Crippen molar-refractivity contribution in [2.75, 3.05) is 7.11 Å². The number of ether oxygens (including phenoxy) is 1. The molecule has 2 aromatic rings. The molecule has 108 valence electrons. The molecule has 1 heterocycles. The molecule has 6 heteroatoms. The van der Waals surface area contributed by atoms with Crippen LogP contribution >= 0.6 is 38.9 Å². The largest absolute Gasteiger partial charge is 0.496 e. The van der Waals surface area contributed by atoms with Crippen molar-refractivity contribution in [3.05, 3.63) is 49.1 Å². The average molecular weight is 376 g/mol. The Bertz CT molecular complexity index is 603. The fourth-order valence-electron chi connectivity index (χ4n) is 2.04. The molecule has 0 aliphatic rings. The number of thiophene rings is 1. The van der Waals surface area contributed by atoms with Gasteiger partial charge in [0.1, 0.15) is 5.75 Å². The highest BCUT2D eigenvalue weighted by Gasteiger charge is 2.19. The van der Waals surface area contributed by atoms with Crippen molar-refractivity contribution in [3.63, 3.8) is 0 Å². The smallest absolute Gasteiger partial charge is 0.122 e. The lowest BCUT2D eigenvalue weighted by molar-refractivity contribution is 0.406. The summed E-state index contributed by atoms with van der Waals surface area (Å²) in [5.41, 5.74) is 5.00. The van der Waals surface area contributed by atoms with Crippen LogP contribution in [0.5, 0.6) is 5.75 Å². The van der Waals surface area contributed by atoms with Gasteiger partial charge in [-0.15, -0.1) is 11.3 Å². The van der Waals surface area contributed by atoms with Gasteiger partial charge in [0.15, 0.2) is 0 Å². The molecule has 0 saturated carbocycles. The Morgan fingerprint density at radius 3 is 2.80 bits per heavy atom. The van der Waals surface area contributed by atoms with Gasteiger partial charge in [0.25, 0.3) is 0 Å². The van der Waals surface area contributed by atoms with Gasteiger partial charge in [0.2, 0.25) is 0 Å². The standard InChI is InChI=1S/C14H16BrClN2OS/c1-8-7-20-14(13(8)16)11(18-17)6-9-5-10(15)3-4-12(9)19-2/h3-5,7,11,18H,6,17H2,1-2H3. The number of hydrogen-bond acceptors (Lipinski definition) is 4. The summed E-state index contributed by atoms with van der Waals surface area (Å²) in [5, 5.41) is 2.83. The Hall–Kier alpha value is -0.590. The first-order chi connectivity index (χ1) is 9.56. The maximum absolute atomic E-state index is 6.33. The molecule has 0 saturated heterocycles. The van der Waals surface area contributed by atoms with Crippen molar-refractivity contribution in [3.8, 4) is 5.75 Å². The molecule has 0 radical (unpaired) electrons. The predicted molar refractivity (Wildman–Crippen MR) is 88.5 cm³/mol. The molecular formula is C14H16BrClN2OS. The van der Waals surface area contributed by atoms with Crippen LogP contribution in [0.4, 0.5) is 0 Å². The molecule has 0 spiro atoms. The highest BCUT2D eigenvalue weighted by atomic mass is 79.9. The lowest BCUT2D eigenvalue weighted by Gasteiger charge is -2.17. The topological polar surface area (TPSA) is 47.3 Å². The van der Waals surface area contributed by atoms with Crippen LogP contribution in [0, 0.1) is 6.92 Å². The van der Waals surface area contributed by atoms with E-state index >= 15 is 0 Å². The molecule has 2 rings (SSSR count). The van der Waals surface area contributed by atoms with Crippen LogP contribution in [0.25, 0.3) is 0 Å². The number of benzene rings is 1. The second kappa shape index (κ2) is 6.91. The summed E-state index contributed by atoms with van der Waals surface area (Å²) in [6, 6.07) is 5.89. The third-order valence-electron chi connectivity index (χ3n) is 3.11. The van der Waals surface area contributed by atoms with Crippen molar-refractivity contribution >= 4 is 38.9 Å². The molecule has 0 fully saturated rings. The molecular weight excluding hydrogens is 360 g/mol. The van der Waals surface area contributed by atoms with Gasteiger partial charge in [0.05, 0.1) is 18.2 Å². The monoisotopic (exact) mass is 374 g/mol. The summed E-state index contributed by atoms with van der Waals surface area (Å²) in [6.07, 6.45) is 0.707. The zero-order chi connectivity index (χ0) is 14.7. The van der Waals surface area contributed by atoms with E-state index in [-0.39, 0.29) is 6.04 Å². The predicted octanol–water partition coefficient (Wildman–Crippen LogP) is 4.23. The first kappa shape index (κ1) is 15.8. The third kappa shape index (κ3) is 3.35. The first-order valence-corrected chi connectivity index (χ1v) is 8.14. The van der Waals surface area contributed by atoms with Crippen LogP contribution in [0.1, 0.15) is 22.0 Å². The third-order valence-corrected chi connectivity index (χ3v) is 5.43. The number of halogens is 2. The van der Waals surface area contributed by atoms with Gasteiger partial charge in [0, 0.05) is 9.35 Å². The van der Waals surface area contributed by atoms with Gasteiger partial charge in [-0.3, -0.25) is 11.3 Å². The fourth-order valence-corrected chi connectivity index (χ4v) is 3.83. The summed E-state index contributed by atoms with van der Waals surface area (Å²) >= 11 is 11.4. The van der Waals surface area contributed by atoms with Crippen molar-refractivity contribution in [1.29, 1.82) is 0 Å². The number of rotatable bonds is 5. The highest BCUT2D eigenvalue weighted by molar-refractivity contribution is 9.10. The first-order valence-electron chi connectivity index (χ1n) is 6.08. The Morgan fingerprint density at radius 1 is 1.50 bits per heavy atom. The van der Waals surface area contributed by atoms with Crippen molar-refractivity contribution < 1.29 is 4.74 Å². The fraction of sp³-hybridized carbons (Fsp3) is 0.286. The Kier molecular flexibility index (Phi) is 5.46. The van der Waals surface area contributed by atoms with Gasteiger partial charge in [-0.05, 0) is 48.1 Å². The van der Waals surface area contributed by atoms with Gasteiger partial charge < -0.3 is 4.74 Å². The van der Waals surface area contributed by atoms with Gasteiger partial charge in [-0.2, -0.15) is 0 Å². The van der Waals surface area contributed by atoms with Crippen molar-refractivity contribution in [2.24, 2.45) is 5.84 Å². The summed E-state index contributed by atoms with van der Waals surface area (Å²) in [5.74, 6) is 6.55. The molecule has 1 aromatic heterocycles. The van der Waals surface area contributed by atoms with Crippen LogP contribution in [-0.4, -0.2) is 7.11 Å². The maximum Gasteiger partial charge on any atom is 0.122 e. The van der Waals surface area contributed by atoms with E-state index in [1.165, 1.54) is 0 Å².